The van der Waals surface area contributed by atoms with Crippen LogP contribution in [0.25, 0.3) is 0 Å². The van der Waals surface area contributed by atoms with Gasteiger partial charge in [-0.1, -0.05) is 11.6 Å². The van der Waals surface area contributed by atoms with Crippen LogP contribution in [-0.4, -0.2) is 18.0 Å². The van der Waals surface area contributed by atoms with Crippen molar-refractivity contribution in [1.82, 2.24) is 0 Å². The van der Waals surface area contributed by atoms with Gasteiger partial charge in [0.2, 0.25) is 14.6 Å². The molecule has 0 atom stereocenters. The molecule has 0 fully saturated rings. The summed E-state index contributed by atoms with van der Waals surface area (Å²) in [4.78, 5) is 9.79. The van der Waals surface area contributed by atoms with E-state index in [1.807, 2.05) is 0 Å². The van der Waals surface area contributed by atoms with E-state index in [-0.39, 0.29) is 12.4 Å². The summed E-state index contributed by atoms with van der Waals surface area (Å²) in [6, 6.07) is 0. The van der Waals surface area contributed by atoms with Crippen LogP contribution in [0.4, 0.5) is 0 Å². The summed E-state index contributed by atoms with van der Waals surface area (Å²) < 4.78 is 18.5. The fraction of sp³-hybridized carbons (Fsp3) is 0. The van der Waals surface area contributed by atoms with Crippen molar-refractivity contribution in [2.45, 2.75) is 0 Å². The molecule has 0 amide bonds. The van der Waals surface area contributed by atoms with Crippen molar-refractivity contribution in [3.05, 3.63) is 0 Å². The van der Waals surface area contributed by atoms with Crippen molar-refractivity contribution in [3.8, 4) is 0 Å². The van der Waals surface area contributed by atoms with Crippen LogP contribution < -0.4 is 0 Å². The molecule has 0 aliphatic carbocycles. The SMILES string of the molecule is Cl.O=C(Cl)C(Cl)=S(=O)=O. The van der Waals surface area contributed by atoms with Gasteiger partial charge < -0.3 is 0 Å². The molecule has 0 rings (SSSR count). The molecule has 9 heavy (non-hydrogen) atoms. The van der Waals surface area contributed by atoms with Crippen LogP contribution in [-0.2, 0) is 15.1 Å². The first kappa shape index (κ1) is 12.0. The van der Waals surface area contributed by atoms with Crippen molar-refractivity contribution in [3.63, 3.8) is 0 Å². The van der Waals surface area contributed by atoms with Crippen LogP contribution >= 0.6 is 35.6 Å². The maximum atomic E-state index is 9.79. The predicted molar refractivity (Wildman–Crippen MR) is 37.9 cm³/mol. The highest BCUT2D eigenvalue weighted by atomic mass is 35.5. The molecule has 0 aromatic carbocycles. The van der Waals surface area contributed by atoms with Gasteiger partial charge >= 0.3 is 0 Å². The number of halogens is 3. The average Bonchev–Trinajstić information content (AvgIpc) is 1.64. The number of hydrogen-bond donors (Lipinski definition) is 0. The average molecular weight is 211 g/mol. The summed E-state index contributed by atoms with van der Waals surface area (Å²) in [7, 11) is -2.69. The molecule has 0 heterocycles. The van der Waals surface area contributed by atoms with Gasteiger partial charge in [0.25, 0.3) is 5.24 Å². The molecule has 0 aliphatic rings. The zero-order valence-electron chi connectivity index (χ0n) is 3.80. The molecule has 0 aromatic heterocycles. The van der Waals surface area contributed by atoms with Gasteiger partial charge in [-0.15, -0.1) is 12.4 Å². The van der Waals surface area contributed by atoms with Gasteiger partial charge in [0, 0.05) is 0 Å². The topological polar surface area (TPSA) is 51.2 Å². The quantitative estimate of drug-likeness (QED) is 0.467. The molecule has 0 N–H and O–H groups in total. The van der Waals surface area contributed by atoms with E-state index in [1.54, 1.807) is 0 Å². The second-order valence-corrected chi connectivity index (χ2v) is 2.61. The summed E-state index contributed by atoms with van der Waals surface area (Å²) in [6.07, 6.45) is 0. The summed E-state index contributed by atoms with van der Waals surface area (Å²) in [5, 5.41) is -1.17. The molecule has 0 aliphatic heterocycles. The molecular weight excluding hydrogens is 210 g/mol. The Bertz CT molecular complexity index is 219. The van der Waals surface area contributed by atoms with E-state index in [0.717, 1.165) is 0 Å². The van der Waals surface area contributed by atoms with E-state index in [4.69, 9.17) is 11.6 Å². The zero-order chi connectivity index (χ0) is 6.73. The maximum absolute atomic E-state index is 9.79. The Morgan fingerprint density at radius 2 is 1.56 bits per heavy atom. The third-order valence-electron chi connectivity index (χ3n) is 0.301. The Balaban J connectivity index is 0. The number of hydrogen-bond acceptors (Lipinski definition) is 3. The summed E-state index contributed by atoms with van der Waals surface area (Å²) >= 11 is 9.40. The summed E-state index contributed by atoms with van der Waals surface area (Å²) in [6.45, 7) is 0. The minimum Gasteiger partial charge on any atom is -0.273 e. The first-order valence-corrected chi connectivity index (χ1v) is 3.20. The highest BCUT2D eigenvalue weighted by Gasteiger charge is 2.03. The van der Waals surface area contributed by atoms with Crippen LogP contribution in [0.1, 0.15) is 0 Å². The van der Waals surface area contributed by atoms with E-state index in [9.17, 15) is 13.2 Å². The molecule has 0 unspecified atom stereocenters. The van der Waals surface area contributed by atoms with Crippen LogP contribution in [0.15, 0.2) is 0 Å². The largest absolute Gasteiger partial charge is 0.279 e. The van der Waals surface area contributed by atoms with Gasteiger partial charge in [-0.25, -0.2) is 0 Å². The molecule has 54 valence electrons. The lowest BCUT2D eigenvalue weighted by molar-refractivity contribution is -0.105. The van der Waals surface area contributed by atoms with Crippen LogP contribution in [0.5, 0.6) is 0 Å². The molecule has 0 aromatic rings. The maximum Gasteiger partial charge on any atom is 0.279 e. The van der Waals surface area contributed by atoms with Crippen LogP contribution in [0.2, 0.25) is 0 Å². The van der Waals surface area contributed by atoms with Gasteiger partial charge in [0.05, 0.1) is 0 Å². The zero-order valence-corrected chi connectivity index (χ0v) is 6.94. The molecule has 7 heteroatoms. The normalized spacial score (nSPS) is 7.33. The Morgan fingerprint density at radius 1 is 1.22 bits per heavy atom. The first-order valence-electron chi connectivity index (χ1n) is 1.37. The number of carbonyl (C=O) groups excluding carboxylic acids is 1. The molecule has 0 bridgehead atoms. The molecule has 3 nitrogen and oxygen atoms in total. The molecule has 0 saturated carbocycles. The van der Waals surface area contributed by atoms with E-state index in [0.29, 0.717) is 0 Å². The second-order valence-electron chi connectivity index (χ2n) is 0.782. The van der Waals surface area contributed by atoms with E-state index < -0.39 is 19.9 Å². The number of carbonyl (C=O) groups is 1. The van der Waals surface area contributed by atoms with E-state index in [2.05, 4.69) is 11.6 Å². The first-order chi connectivity index (χ1) is 3.55. The minimum absolute atomic E-state index is 0. The lowest BCUT2D eigenvalue weighted by Gasteiger charge is -1.72. The summed E-state index contributed by atoms with van der Waals surface area (Å²) in [5.74, 6) is 0. The lowest BCUT2D eigenvalue weighted by Crippen LogP contribution is -1.97. The van der Waals surface area contributed by atoms with Gasteiger partial charge in [-0.05, 0) is 11.6 Å². The fourth-order valence-corrected chi connectivity index (χ4v) is 0.386. The van der Waals surface area contributed by atoms with Crippen molar-refractivity contribution in [2.75, 3.05) is 0 Å². The Kier molecular flexibility index (Phi) is 6.71. The molecule has 0 saturated heterocycles. The van der Waals surface area contributed by atoms with E-state index >= 15 is 0 Å². The predicted octanol–water partition coefficient (Wildman–Crippen LogP) is 0.421. The van der Waals surface area contributed by atoms with Crippen molar-refractivity contribution in [2.24, 2.45) is 0 Å². The lowest BCUT2D eigenvalue weighted by atomic mass is 10.9. The van der Waals surface area contributed by atoms with Gasteiger partial charge in [0.15, 0.2) is 0 Å². The smallest absolute Gasteiger partial charge is 0.273 e. The summed E-state index contributed by atoms with van der Waals surface area (Å²) in [5.41, 5.74) is 0. The third kappa shape index (κ3) is 4.72. The van der Waals surface area contributed by atoms with Crippen molar-refractivity contribution in [1.29, 1.82) is 0 Å². The van der Waals surface area contributed by atoms with Gasteiger partial charge in [-0.2, -0.15) is 8.42 Å². The van der Waals surface area contributed by atoms with Crippen LogP contribution in [0, 0.1) is 0 Å². The van der Waals surface area contributed by atoms with Crippen molar-refractivity contribution < 1.29 is 13.2 Å². The van der Waals surface area contributed by atoms with Gasteiger partial charge in [-0.3, -0.25) is 4.79 Å². The molecular formula is C2HCl3O3S. The van der Waals surface area contributed by atoms with E-state index in [1.165, 1.54) is 0 Å². The Morgan fingerprint density at radius 3 is 1.56 bits per heavy atom. The standard InChI is InChI=1S/C2Cl2O3S.ClH/c3-1(5)2(4)8(6)7;/h;1H. The monoisotopic (exact) mass is 210 g/mol. The molecule has 0 spiro atoms. The minimum atomic E-state index is -2.69. The Labute approximate surface area is 68.9 Å². The van der Waals surface area contributed by atoms with Crippen molar-refractivity contribution >= 4 is 55.5 Å². The third-order valence-corrected chi connectivity index (χ3v) is 1.73. The van der Waals surface area contributed by atoms with Gasteiger partial charge in [0.1, 0.15) is 0 Å². The second kappa shape index (κ2) is 5.05. The number of rotatable bonds is 1. The fourth-order valence-electron chi connectivity index (χ4n) is 0.0655. The van der Waals surface area contributed by atoms with Crippen LogP contribution in [0.3, 0.4) is 0 Å². The molecule has 0 radical (unpaired) electrons. The highest BCUT2D eigenvalue weighted by molar-refractivity contribution is 7.79. The Hall–Kier alpha value is 0.230. The highest BCUT2D eigenvalue weighted by Crippen LogP contribution is 1.87.